The number of phenolic OH excluding ortho intramolecular Hbond substituents is 1. The number of aromatic hydroxyl groups is 1. The highest BCUT2D eigenvalue weighted by Crippen LogP contribution is 2.31. The summed E-state index contributed by atoms with van der Waals surface area (Å²) >= 11 is 5.66. The molecule has 0 fully saturated rings. The maximum absolute atomic E-state index is 13.2. The zero-order chi connectivity index (χ0) is 10.7. The molecule has 2 nitrogen and oxygen atoms in total. The van der Waals surface area contributed by atoms with Gasteiger partial charge in [-0.2, -0.15) is 0 Å². The Morgan fingerprint density at radius 3 is 2.79 bits per heavy atom. The Labute approximate surface area is 87.7 Å². The summed E-state index contributed by atoms with van der Waals surface area (Å²) in [4.78, 5) is 0. The van der Waals surface area contributed by atoms with E-state index in [0.29, 0.717) is 24.1 Å². The van der Waals surface area contributed by atoms with Crippen molar-refractivity contribution in [3.05, 3.63) is 28.0 Å². The fraction of sp³-hybridized carbons (Fsp3) is 0.400. The zero-order valence-electron chi connectivity index (χ0n) is 8.19. The van der Waals surface area contributed by atoms with E-state index in [1.54, 1.807) is 14.0 Å². The van der Waals surface area contributed by atoms with Gasteiger partial charge in [0.15, 0.2) is 0 Å². The highest BCUT2D eigenvalue weighted by atomic mass is 35.5. The number of halogens is 2. The van der Waals surface area contributed by atoms with Gasteiger partial charge in [0.2, 0.25) is 0 Å². The summed E-state index contributed by atoms with van der Waals surface area (Å²) in [6.07, 6.45) is 0.561. The molecule has 0 unspecified atom stereocenters. The fourth-order valence-electron chi connectivity index (χ4n) is 1.31. The van der Waals surface area contributed by atoms with Gasteiger partial charge in [-0.25, -0.2) is 4.39 Å². The summed E-state index contributed by atoms with van der Waals surface area (Å²) in [5, 5.41) is 12.6. The van der Waals surface area contributed by atoms with Crippen LogP contribution in [0, 0.1) is 12.7 Å². The van der Waals surface area contributed by atoms with Gasteiger partial charge in [-0.3, -0.25) is 0 Å². The quantitative estimate of drug-likeness (QED) is 0.814. The van der Waals surface area contributed by atoms with Crippen LogP contribution in [0.15, 0.2) is 6.07 Å². The van der Waals surface area contributed by atoms with Crippen LogP contribution in [-0.2, 0) is 6.42 Å². The number of nitrogens with one attached hydrogen (secondary N) is 1. The molecular weight excluding hydrogens is 205 g/mol. The van der Waals surface area contributed by atoms with Crippen LogP contribution < -0.4 is 5.32 Å². The zero-order valence-corrected chi connectivity index (χ0v) is 8.95. The van der Waals surface area contributed by atoms with E-state index in [4.69, 9.17) is 11.6 Å². The van der Waals surface area contributed by atoms with Crippen molar-refractivity contribution in [3.63, 3.8) is 0 Å². The van der Waals surface area contributed by atoms with Crippen molar-refractivity contribution in [3.8, 4) is 5.75 Å². The minimum Gasteiger partial charge on any atom is -0.506 e. The molecule has 0 bridgehead atoms. The minimum absolute atomic E-state index is 0.0131. The normalized spacial score (nSPS) is 10.6. The largest absolute Gasteiger partial charge is 0.506 e. The molecule has 0 aliphatic heterocycles. The van der Waals surface area contributed by atoms with Gasteiger partial charge in [0.25, 0.3) is 0 Å². The maximum atomic E-state index is 13.2. The predicted molar refractivity (Wildman–Crippen MR) is 55.4 cm³/mol. The maximum Gasteiger partial charge on any atom is 0.137 e. The average Bonchev–Trinajstić information content (AvgIpc) is 2.15. The van der Waals surface area contributed by atoms with Crippen molar-refractivity contribution in [2.45, 2.75) is 13.3 Å². The van der Waals surface area contributed by atoms with E-state index in [-0.39, 0.29) is 16.6 Å². The van der Waals surface area contributed by atoms with Gasteiger partial charge in [-0.1, -0.05) is 11.6 Å². The van der Waals surface area contributed by atoms with Gasteiger partial charge in [0, 0.05) is 5.56 Å². The van der Waals surface area contributed by atoms with Crippen LogP contribution in [0.25, 0.3) is 0 Å². The highest BCUT2D eigenvalue weighted by molar-refractivity contribution is 6.32. The third-order valence-corrected chi connectivity index (χ3v) is 2.49. The van der Waals surface area contributed by atoms with E-state index in [0.717, 1.165) is 6.07 Å². The highest BCUT2D eigenvalue weighted by Gasteiger charge is 2.12. The van der Waals surface area contributed by atoms with E-state index < -0.39 is 0 Å². The minimum atomic E-state index is -0.376. The van der Waals surface area contributed by atoms with E-state index in [1.807, 2.05) is 0 Å². The third kappa shape index (κ3) is 2.16. The summed E-state index contributed by atoms with van der Waals surface area (Å²) in [6.45, 7) is 2.31. The van der Waals surface area contributed by atoms with Gasteiger partial charge in [0.05, 0.1) is 5.02 Å². The lowest BCUT2D eigenvalue weighted by Gasteiger charge is -2.10. The number of hydrogen-bond donors (Lipinski definition) is 2. The number of rotatable bonds is 3. The molecule has 1 aromatic rings. The number of benzene rings is 1. The monoisotopic (exact) mass is 217 g/mol. The molecule has 2 N–H and O–H groups in total. The Hall–Kier alpha value is -0.800. The van der Waals surface area contributed by atoms with Crippen molar-refractivity contribution < 1.29 is 9.50 Å². The van der Waals surface area contributed by atoms with Gasteiger partial charge in [-0.15, -0.1) is 0 Å². The topological polar surface area (TPSA) is 32.3 Å². The summed E-state index contributed by atoms with van der Waals surface area (Å²) in [5.74, 6) is -0.389. The van der Waals surface area contributed by atoms with Crippen LogP contribution in [0.5, 0.6) is 5.75 Å². The van der Waals surface area contributed by atoms with Crippen molar-refractivity contribution >= 4 is 11.6 Å². The lowest BCUT2D eigenvalue weighted by molar-refractivity contribution is 0.463. The first kappa shape index (κ1) is 11.3. The Bertz CT molecular complexity index is 315. The molecule has 0 aliphatic carbocycles. The SMILES string of the molecule is CNCCc1c(C)c(F)cc(Cl)c1O. The number of phenols is 1. The fourth-order valence-corrected chi connectivity index (χ4v) is 1.52. The molecule has 1 aromatic carbocycles. The van der Waals surface area contributed by atoms with Gasteiger partial charge in [-0.05, 0) is 38.6 Å². The van der Waals surface area contributed by atoms with Gasteiger partial charge >= 0.3 is 0 Å². The molecule has 1 rings (SSSR count). The van der Waals surface area contributed by atoms with Crippen molar-refractivity contribution in [2.75, 3.05) is 13.6 Å². The van der Waals surface area contributed by atoms with Crippen LogP contribution >= 0.6 is 11.6 Å². The Morgan fingerprint density at radius 1 is 1.57 bits per heavy atom. The standard InChI is InChI=1S/C10H13ClFNO/c1-6-7(3-4-13-2)10(14)8(11)5-9(6)12/h5,13-14H,3-4H2,1-2H3. The second-order valence-electron chi connectivity index (χ2n) is 3.15. The lowest BCUT2D eigenvalue weighted by Crippen LogP contribution is -2.11. The molecule has 0 saturated heterocycles. The molecule has 0 atom stereocenters. The van der Waals surface area contributed by atoms with Crippen LogP contribution in [0.3, 0.4) is 0 Å². The Morgan fingerprint density at radius 2 is 2.21 bits per heavy atom. The first-order chi connectivity index (χ1) is 6.57. The molecule has 0 spiro atoms. The van der Waals surface area contributed by atoms with E-state index in [9.17, 15) is 9.50 Å². The molecular formula is C10H13ClFNO. The molecule has 78 valence electrons. The van der Waals surface area contributed by atoms with Crippen molar-refractivity contribution in [1.82, 2.24) is 5.32 Å². The second kappa shape index (κ2) is 4.62. The third-order valence-electron chi connectivity index (χ3n) is 2.20. The van der Waals surface area contributed by atoms with Crippen LogP contribution in [0.4, 0.5) is 4.39 Å². The molecule has 0 radical (unpaired) electrons. The van der Waals surface area contributed by atoms with Crippen molar-refractivity contribution in [2.24, 2.45) is 0 Å². The summed E-state index contributed by atoms with van der Waals surface area (Å²) < 4.78 is 13.2. The molecule has 0 saturated carbocycles. The van der Waals surface area contributed by atoms with Crippen LogP contribution in [0.2, 0.25) is 5.02 Å². The number of hydrogen-bond acceptors (Lipinski definition) is 2. The molecule has 0 aromatic heterocycles. The molecule has 0 heterocycles. The molecule has 4 heteroatoms. The predicted octanol–water partition coefficient (Wildman–Crippen LogP) is 2.26. The summed E-state index contributed by atoms with van der Waals surface area (Å²) in [5.41, 5.74) is 1.03. The van der Waals surface area contributed by atoms with Gasteiger partial charge < -0.3 is 10.4 Å². The lowest BCUT2D eigenvalue weighted by atomic mass is 10.0. The Balaban J connectivity index is 3.11. The number of likely N-dealkylation sites (N-methyl/N-ethyl adjacent to an activating group) is 1. The summed E-state index contributed by atoms with van der Waals surface area (Å²) in [6, 6.07) is 1.13. The molecule has 0 aliphatic rings. The van der Waals surface area contributed by atoms with Crippen molar-refractivity contribution in [1.29, 1.82) is 0 Å². The van der Waals surface area contributed by atoms with E-state index >= 15 is 0 Å². The first-order valence-corrected chi connectivity index (χ1v) is 4.76. The molecule has 14 heavy (non-hydrogen) atoms. The van der Waals surface area contributed by atoms with Gasteiger partial charge in [0.1, 0.15) is 11.6 Å². The first-order valence-electron chi connectivity index (χ1n) is 4.39. The Kier molecular flexibility index (Phi) is 3.72. The average molecular weight is 218 g/mol. The smallest absolute Gasteiger partial charge is 0.137 e. The van der Waals surface area contributed by atoms with E-state index in [1.165, 1.54) is 0 Å². The molecule has 0 amide bonds. The van der Waals surface area contributed by atoms with Crippen LogP contribution in [0.1, 0.15) is 11.1 Å². The second-order valence-corrected chi connectivity index (χ2v) is 3.55. The van der Waals surface area contributed by atoms with Crippen LogP contribution in [-0.4, -0.2) is 18.7 Å². The van der Waals surface area contributed by atoms with E-state index in [2.05, 4.69) is 5.32 Å². The summed E-state index contributed by atoms with van der Waals surface area (Å²) in [7, 11) is 1.80.